The molecule has 0 fully saturated rings. The first kappa shape index (κ1) is 13.3. The highest BCUT2D eigenvalue weighted by molar-refractivity contribution is 5.98. The monoisotopic (exact) mass is 285 g/mol. The molecule has 0 spiro atoms. The van der Waals surface area contributed by atoms with Crippen molar-refractivity contribution in [3.05, 3.63) is 36.2 Å². The lowest BCUT2D eigenvalue weighted by molar-refractivity contribution is -0.125. The molecule has 1 aliphatic heterocycles. The Morgan fingerprint density at radius 1 is 1.43 bits per heavy atom. The first-order valence-corrected chi connectivity index (χ1v) is 6.67. The van der Waals surface area contributed by atoms with Gasteiger partial charge in [0.25, 0.3) is 0 Å². The molecule has 3 rings (SSSR count). The van der Waals surface area contributed by atoms with E-state index >= 15 is 0 Å². The minimum atomic E-state index is -0.440. The van der Waals surface area contributed by atoms with E-state index in [2.05, 4.69) is 20.7 Å². The number of aromatic nitrogens is 3. The average Bonchev–Trinajstić information content (AvgIpc) is 2.89. The lowest BCUT2D eigenvalue weighted by Gasteiger charge is -2.21. The van der Waals surface area contributed by atoms with Gasteiger partial charge in [-0.1, -0.05) is 17.7 Å². The number of nitrogens with zero attached hydrogens (tertiary/aromatic N) is 3. The van der Waals surface area contributed by atoms with Gasteiger partial charge in [0.15, 0.2) is 0 Å². The molecule has 7 nitrogen and oxygen atoms in total. The second-order valence-corrected chi connectivity index (χ2v) is 5.07. The summed E-state index contributed by atoms with van der Waals surface area (Å²) in [5, 5.41) is 9.43. The Hall–Kier alpha value is -2.70. The fourth-order valence-corrected chi connectivity index (χ4v) is 2.23. The third-order valence-corrected chi connectivity index (χ3v) is 3.38. The topological polar surface area (TPSA) is 88.9 Å². The number of hydrogen-bond donors (Lipinski definition) is 2. The third-order valence-electron chi connectivity index (χ3n) is 3.38. The Balaban J connectivity index is 1.62. The highest BCUT2D eigenvalue weighted by Crippen LogP contribution is 2.19. The van der Waals surface area contributed by atoms with E-state index in [0.29, 0.717) is 12.5 Å². The first-order chi connectivity index (χ1) is 10.1. The van der Waals surface area contributed by atoms with Crippen molar-refractivity contribution in [3.8, 4) is 0 Å². The zero-order chi connectivity index (χ0) is 14.8. The van der Waals surface area contributed by atoms with Gasteiger partial charge in [-0.25, -0.2) is 4.68 Å². The fourth-order valence-electron chi connectivity index (χ4n) is 2.23. The van der Waals surface area contributed by atoms with E-state index in [9.17, 15) is 9.59 Å². The number of aryl methyl sites for hydroxylation is 1. The molecule has 0 saturated heterocycles. The van der Waals surface area contributed by atoms with Crippen LogP contribution in [0.1, 0.15) is 12.0 Å². The predicted molar refractivity (Wildman–Crippen MR) is 76.6 cm³/mol. The highest BCUT2D eigenvalue weighted by Gasteiger charge is 2.29. The molecular formula is C14H15N5O2. The number of anilines is 2. The van der Waals surface area contributed by atoms with Crippen LogP contribution in [0.25, 0.3) is 0 Å². The fraction of sp³-hybridized carbons (Fsp3) is 0.286. The zero-order valence-electron chi connectivity index (χ0n) is 11.5. The summed E-state index contributed by atoms with van der Waals surface area (Å²) < 4.78 is 1.59. The van der Waals surface area contributed by atoms with E-state index < -0.39 is 5.92 Å². The van der Waals surface area contributed by atoms with Crippen LogP contribution < -0.4 is 10.6 Å². The molecule has 1 aromatic heterocycles. The molecule has 0 aliphatic carbocycles. The standard InChI is InChI=1S/C14H15N5O2/c1-9-2-4-11(5-3-9)17-12(20)6-10-7-19-14(15-8-16-19)18-13(10)21/h2-5,8,10H,6-7H2,1H3,(H,17,20)(H,15,16,18,21)/t10-/m0/s1. The van der Waals surface area contributed by atoms with Gasteiger partial charge in [-0.3, -0.25) is 14.9 Å². The zero-order valence-corrected chi connectivity index (χ0v) is 11.5. The number of fused-ring (bicyclic) bond motifs is 1. The first-order valence-electron chi connectivity index (χ1n) is 6.67. The minimum Gasteiger partial charge on any atom is -0.326 e. The van der Waals surface area contributed by atoms with E-state index in [0.717, 1.165) is 11.3 Å². The van der Waals surface area contributed by atoms with Crippen LogP contribution in [-0.4, -0.2) is 26.6 Å². The predicted octanol–water partition coefficient (Wildman–Crippen LogP) is 1.18. The average molecular weight is 285 g/mol. The number of hydrogen-bond acceptors (Lipinski definition) is 4. The highest BCUT2D eigenvalue weighted by atomic mass is 16.2. The smallest absolute Gasteiger partial charge is 0.232 e. The molecule has 1 aromatic carbocycles. The quantitative estimate of drug-likeness (QED) is 0.886. The number of carbonyl (C=O) groups is 2. The maximum atomic E-state index is 12.0. The molecule has 21 heavy (non-hydrogen) atoms. The van der Waals surface area contributed by atoms with Gasteiger partial charge in [-0.2, -0.15) is 10.1 Å². The maximum Gasteiger partial charge on any atom is 0.232 e. The van der Waals surface area contributed by atoms with Crippen LogP contribution in [0, 0.1) is 12.8 Å². The molecule has 2 N–H and O–H groups in total. The number of nitrogens with one attached hydrogen (secondary N) is 2. The third kappa shape index (κ3) is 2.91. The summed E-state index contributed by atoms with van der Waals surface area (Å²) in [5.41, 5.74) is 1.85. The van der Waals surface area contributed by atoms with Crippen molar-refractivity contribution >= 4 is 23.5 Å². The van der Waals surface area contributed by atoms with Crippen LogP contribution >= 0.6 is 0 Å². The van der Waals surface area contributed by atoms with Crippen LogP contribution in [0.3, 0.4) is 0 Å². The number of amides is 2. The Morgan fingerprint density at radius 2 is 2.19 bits per heavy atom. The molecular weight excluding hydrogens is 270 g/mol. The van der Waals surface area contributed by atoms with Gasteiger partial charge in [0.2, 0.25) is 17.8 Å². The number of benzene rings is 1. The van der Waals surface area contributed by atoms with Gasteiger partial charge < -0.3 is 5.32 Å². The van der Waals surface area contributed by atoms with Crippen molar-refractivity contribution in [1.82, 2.24) is 14.8 Å². The molecule has 2 aromatic rings. The summed E-state index contributed by atoms with van der Waals surface area (Å²) in [7, 11) is 0. The van der Waals surface area contributed by atoms with Crippen molar-refractivity contribution in [1.29, 1.82) is 0 Å². The maximum absolute atomic E-state index is 12.0. The molecule has 0 saturated carbocycles. The summed E-state index contributed by atoms with van der Waals surface area (Å²) in [6, 6.07) is 7.52. The summed E-state index contributed by atoms with van der Waals surface area (Å²) in [4.78, 5) is 27.9. The van der Waals surface area contributed by atoms with Crippen LogP contribution in [0.2, 0.25) is 0 Å². The second-order valence-electron chi connectivity index (χ2n) is 5.07. The minimum absolute atomic E-state index is 0.110. The van der Waals surface area contributed by atoms with Crippen molar-refractivity contribution in [2.24, 2.45) is 5.92 Å². The van der Waals surface area contributed by atoms with Crippen molar-refractivity contribution < 1.29 is 9.59 Å². The van der Waals surface area contributed by atoms with Gasteiger partial charge in [0, 0.05) is 12.1 Å². The number of rotatable bonds is 3. The molecule has 2 heterocycles. The Bertz CT molecular complexity index is 677. The second kappa shape index (κ2) is 5.35. The van der Waals surface area contributed by atoms with Crippen LogP contribution in [-0.2, 0) is 16.1 Å². The Morgan fingerprint density at radius 3 is 2.95 bits per heavy atom. The van der Waals surface area contributed by atoms with Gasteiger partial charge in [-0.05, 0) is 19.1 Å². The van der Waals surface area contributed by atoms with E-state index in [1.54, 1.807) is 4.68 Å². The summed E-state index contributed by atoms with van der Waals surface area (Å²) in [5.74, 6) is -0.406. The van der Waals surface area contributed by atoms with Gasteiger partial charge in [0.1, 0.15) is 6.33 Å². The van der Waals surface area contributed by atoms with Gasteiger partial charge >= 0.3 is 0 Å². The molecule has 7 heteroatoms. The van der Waals surface area contributed by atoms with E-state index in [-0.39, 0.29) is 18.2 Å². The SMILES string of the molecule is Cc1ccc(NC(=O)C[C@H]2Cn3ncnc3NC2=O)cc1. The molecule has 2 amide bonds. The molecule has 1 aliphatic rings. The van der Waals surface area contributed by atoms with Crippen LogP contribution in [0.4, 0.5) is 11.6 Å². The lowest BCUT2D eigenvalue weighted by atomic mass is 10.0. The Kier molecular flexibility index (Phi) is 3.39. The van der Waals surface area contributed by atoms with E-state index in [1.165, 1.54) is 6.33 Å². The van der Waals surface area contributed by atoms with Crippen LogP contribution in [0.5, 0.6) is 0 Å². The largest absolute Gasteiger partial charge is 0.326 e. The van der Waals surface area contributed by atoms with Crippen LogP contribution in [0.15, 0.2) is 30.6 Å². The molecule has 0 radical (unpaired) electrons. The van der Waals surface area contributed by atoms with Crippen molar-refractivity contribution in [2.45, 2.75) is 19.9 Å². The van der Waals surface area contributed by atoms with Gasteiger partial charge in [0.05, 0.1) is 12.5 Å². The van der Waals surface area contributed by atoms with Crippen molar-refractivity contribution in [3.63, 3.8) is 0 Å². The van der Waals surface area contributed by atoms with Gasteiger partial charge in [-0.15, -0.1) is 0 Å². The molecule has 1 atom stereocenters. The number of carbonyl (C=O) groups excluding carboxylic acids is 2. The molecule has 0 bridgehead atoms. The Labute approximate surface area is 121 Å². The van der Waals surface area contributed by atoms with E-state index in [4.69, 9.17) is 0 Å². The van der Waals surface area contributed by atoms with E-state index in [1.807, 2.05) is 31.2 Å². The van der Waals surface area contributed by atoms with Crippen molar-refractivity contribution in [2.75, 3.05) is 10.6 Å². The summed E-state index contributed by atoms with van der Waals surface area (Å²) in [6.07, 6.45) is 1.49. The molecule has 108 valence electrons. The summed E-state index contributed by atoms with van der Waals surface area (Å²) >= 11 is 0. The molecule has 0 unspecified atom stereocenters. The normalized spacial score (nSPS) is 17.0. The summed E-state index contributed by atoms with van der Waals surface area (Å²) in [6.45, 7) is 2.34. The lowest BCUT2D eigenvalue weighted by Crippen LogP contribution is -2.36.